The van der Waals surface area contributed by atoms with Gasteiger partial charge in [-0.25, -0.2) is 0 Å². The van der Waals surface area contributed by atoms with Gasteiger partial charge in [0.05, 0.1) is 7.11 Å². The Bertz CT molecular complexity index is 849. The summed E-state index contributed by atoms with van der Waals surface area (Å²) in [4.78, 5) is 15.1. The Morgan fingerprint density at radius 1 is 1.29 bits per heavy atom. The van der Waals surface area contributed by atoms with Crippen molar-refractivity contribution < 1.29 is 9.53 Å². The van der Waals surface area contributed by atoms with E-state index < -0.39 is 0 Å². The molecule has 1 aliphatic carbocycles. The number of carbonyl (C=O) groups is 1. The van der Waals surface area contributed by atoms with Gasteiger partial charge in [0.2, 0.25) is 0 Å². The first-order chi connectivity index (χ1) is 11.6. The summed E-state index contributed by atoms with van der Waals surface area (Å²) >= 11 is 0. The number of aryl methyl sites for hydroxylation is 1. The van der Waals surface area contributed by atoms with Crippen LogP contribution in [0, 0.1) is 5.92 Å². The van der Waals surface area contributed by atoms with Crippen molar-refractivity contribution in [2.45, 2.75) is 25.3 Å². The molecule has 2 aliphatic rings. The number of allylic oxidation sites excluding steroid dienone is 1. The van der Waals surface area contributed by atoms with E-state index in [4.69, 9.17) is 4.74 Å². The highest BCUT2D eigenvalue weighted by atomic mass is 16.5. The van der Waals surface area contributed by atoms with E-state index in [1.165, 1.54) is 29.1 Å². The van der Waals surface area contributed by atoms with Crippen LogP contribution in [0.5, 0.6) is 0 Å². The highest BCUT2D eigenvalue weighted by Gasteiger charge is 2.48. The van der Waals surface area contributed by atoms with Crippen LogP contribution < -0.4 is 0 Å². The number of benzene rings is 1. The minimum Gasteiger partial charge on any atom is -0.468 e. The minimum absolute atomic E-state index is 0.116. The van der Waals surface area contributed by atoms with E-state index in [1.54, 1.807) is 0 Å². The number of para-hydroxylation sites is 1. The van der Waals surface area contributed by atoms with Crippen LogP contribution in [0.3, 0.4) is 0 Å². The van der Waals surface area contributed by atoms with Crippen molar-refractivity contribution in [2.24, 2.45) is 13.0 Å². The average Bonchev–Trinajstić information content (AvgIpc) is 2.90. The number of hydrogen-bond donors (Lipinski definition) is 0. The van der Waals surface area contributed by atoms with Gasteiger partial charge in [0.15, 0.2) is 0 Å². The fourth-order valence-electron chi connectivity index (χ4n) is 4.84. The summed E-state index contributed by atoms with van der Waals surface area (Å²) in [5, 5.41) is 1.27. The summed E-state index contributed by atoms with van der Waals surface area (Å²) in [5.74, 6) is -0.0905. The summed E-state index contributed by atoms with van der Waals surface area (Å²) in [6, 6.07) is 8.83. The van der Waals surface area contributed by atoms with Gasteiger partial charge >= 0.3 is 5.97 Å². The fraction of sp³-hybridized carbons (Fsp3) is 0.450. The third-order valence-electron chi connectivity index (χ3n) is 5.97. The molecule has 0 unspecified atom stereocenters. The lowest BCUT2D eigenvalue weighted by molar-refractivity contribution is -0.144. The number of carbonyl (C=O) groups excluding carboxylic acids is 1. The lowest BCUT2D eigenvalue weighted by Gasteiger charge is -2.46. The molecule has 3 atom stereocenters. The Morgan fingerprint density at radius 3 is 2.75 bits per heavy atom. The van der Waals surface area contributed by atoms with Crippen LogP contribution in [0.4, 0.5) is 0 Å². The molecule has 4 nitrogen and oxygen atoms in total. The Labute approximate surface area is 142 Å². The molecule has 1 aliphatic heterocycles. The normalized spacial score (nSPS) is 28.2. The molecule has 0 spiro atoms. The first kappa shape index (κ1) is 15.5. The molecule has 0 radical (unpaired) electrons. The van der Waals surface area contributed by atoms with Gasteiger partial charge in [0.25, 0.3) is 0 Å². The van der Waals surface area contributed by atoms with Gasteiger partial charge < -0.3 is 9.30 Å². The van der Waals surface area contributed by atoms with Crippen LogP contribution in [0.2, 0.25) is 0 Å². The van der Waals surface area contributed by atoms with Gasteiger partial charge in [0.1, 0.15) is 5.92 Å². The molecule has 1 aromatic carbocycles. The van der Waals surface area contributed by atoms with Crippen molar-refractivity contribution in [3.63, 3.8) is 0 Å². The molecule has 2 bridgehead atoms. The molecule has 0 amide bonds. The van der Waals surface area contributed by atoms with Crippen molar-refractivity contribution in [1.82, 2.24) is 9.47 Å². The molecule has 126 valence electrons. The number of fused-ring (bicyclic) bond motifs is 6. The van der Waals surface area contributed by atoms with Crippen LogP contribution in [0.15, 0.2) is 35.9 Å². The van der Waals surface area contributed by atoms with E-state index in [0.717, 1.165) is 18.7 Å². The van der Waals surface area contributed by atoms with Crippen LogP contribution >= 0.6 is 0 Å². The standard InChI is InChI=1S/C20H24N2O2/c1-5-12-11-21(2)16-10-14(12)18(20(23)24-4)19-17(16)13-8-6-7-9-15(13)22(19)3/h5-9,14,16,18H,10-11H2,1-4H3/b12-5+/t14-,16-,18-/m1/s1. The van der Waals surface area contributed by atoms with E-state index in [2.05, 4.69) is 60.8 Å². The van der Waals surface area contributed by atoms with E-state index >= 15 is 0 Å². The Morgan fingerprint density at radius 2 is 2.04 bits per heavy atom. The highest BCUT2D eigenvalue weighted by Crippen LogP contribution is 2.53. The number of likely N-dealkylation sites (N-methyl/N-ethyl adjacent to an activating group) is 1. The molecule has 4 rings (SSSR count). The number of rotatable bonds is 1. The van der Waals surface area contributed by atoms with Crippen LogP contribution in [-0.4, -0.2) is 36.1 Å². The second kappa shape index (κ2) is 5.49. The van der Waals surface area contributed by atoms with Crippen molar-refractivity contribution in [3.05, 3.63) is 47.2 Å². The zero-order valence-corrected chi connectivity index (χ0v) is 14.7. The summed E-state index contributed by atoms with van der Waals surface area (Å²) in [6.45, 7) is 3.00. The van der Waals surface area contributed by atoms with Gasteiger partial charge in [0, 0.05) is 42.1 Å². The van der Waals surface area contributed by atoms with Gasteiger partial charge in [-0.1, -0.05) is 29.8 Å². The molecule has 2 aromatic rings. The quantitative estimate of drug-likeness (QED) is 0.596. The number of hydrogen-bond acceptors (Lipinski definition) is 3. The van der Waals surface area contributed by atoms with Gasteiger partial charge in [-0.3, -0.25) is 9.69 Å². The number of nitrogens with zero attached hydrogens (tertiary/aromatic N) is 2. The number of methoxy groups -OCH3 is 1. The predicted octanol–water partition coefficient (Wildman–Crippen LogP) is 3.39. The fourth-order valence-corrected chi connectivity index (χ4v) is 4.84. The molecule has 0 N–H and O–H groups in total. The van der Waals surface area contributed by atoms with Crippen LogP contribution in [-0.2, 0) is 16.6 Å². The van der Waals surface area contributed by atoms with Gasteiger partial charge in [-0.2, -0.15) is 0 Å². The van der Waals surface area contributed by atoms with Gasteiger partial charge in [-0.15, -0.1) is 0 Å². The first-order valence-corrected chi connectivity index (χ1v) is 8.58. The van der Waals surface area contributed by atoms with E-state index in [-0.39, 0.29) is 17.8 Å². The lowest BCUT2D eigenvalue weighted by Crippen LogP contribution is -2.44. The third-order valence-corrected chi connectivity index (χ3v) is 5.97. The topological polar surface area (TPSA) is 34.5 Å². The second-order valence-electron chi connectivity index (χ2n) is 7.01. The lowest BCUT2D eigenvalue weighted by atomic mass is 9.69. The van der Waals surface area contributed by atoms with E-state index in [0.29, 0.717) is 6.04 Å². The molecule has 2 heterocycles. The second-order valence-corrected chi connectivity index (χ2v) is 7.01. The molecule has 1 aromatic heterocycles. The third kappa shape index (κ3) is 1.92. The number of piperidine rings is 1. The Balaban J connectivity index is 2.05. The highest BCUT2D eigenvalue weighted by molar-refractivity contribution is 5.90. The number of aromatic nitrogens is 1. The van der Waals surface area contributed by atoms with Crippen molar-refractivity contribution in [1.29, 1.82) is 0 Å². The largest absolute Gasteiger partial charge is 0.468 e. The van der Waals surface area contributed by atoms with Crippen LogP contribution in [0.25, 0.3) is 10.9 Å². The van der Waals surface area contributed by atoms with E-state index in [9.17, 15) is 4.79 Å². The summed E-state index contributed by atoms with van der Waals surface area (Å²) in [5.41, 5.74) is 4.99. The molecule has 24 heavy (non-hydrogen) atoms. The molecule has 1 fully saturated rings. The Kier molecular flexibility index (Phi) is 3.53. The molecule has 0 saturated carbocycles. The van der Waals surface area contributed by atoms with Crippen molar-refractivity contribution in [2.75, 3.05) is 20.7 Å². The zero-order valence-electron chi connectivity index (χ0n) is 14.7. The average molecular weight is 324 g/mol. The maximum atomic E-state index is 12.7. The monoisotopic (exact) mass is 324 g/mol. The van der Waals surface area contributed by atoms with Crippen LogP contribution in [0.1, 0.15) is 36.6 Å². The van der Waals surface area contributed by atoms with Gasteiger partial charge in [-0.05, 0) is 32.0 Å². The predicted molar refractivity (Wildman–Crippen MR) is 94.9 cm³/mol. The molecule has 4 heteroatoms. The number of likely N-dealkylation sites (tertiary alicyclic amines) is 1. The summed E-state index contributed by atoms with van der Waals surface area (Å²) < 4.78 is 7.42. The smallest absolute Gasteiger partial charge is 0.315 e. The van der Waals surface area contributed by atoms with E-state index in [1.807, 2.05) is 0 Å². The zero-order chi connectivity index (χ0) is 17.0. The molecular formula is C20H24N2O2. The SMILES string of the molecule is C/C=C1\CN(C)[C@@H]2C[C@H]1[C@@H](C(=O)OC)c1c2c2ccccc2n1C. The van der Waals surface area contributed by atoms with Crippen molar-refractivity contribution in [3.8, 4) is 0 Å². The summed E-state index contributed by atoms with van der Waals surface area (Å²) in [6.07, 6.45) is 3.16. The molecular weight excluding hydrogens is 300 g/mol. The first-order valence-electron chi connectivity index (χ1n) is 8.58. The maximum absolute atomic E-state index is 12.7. The maximum Gasteiger partial charge on any atom is 0.315 e. The minimum atomic E-state index is -0.210. The Hall–Kier alpha value is -2.07. The number of esters is 1. The van der Waals surface area contributed by atoms with Crippen molar-refractivity contribution >= 4 is 16.9 Å². The summed E-state index contributed by atoms with van der Waals surface area (Å²) in [7, 11) is 5.77. The molecule has 1 saturated heterocycles. The number of ether oxygens (including phenoxy) is 1.